The molecule has 1 N–H and O–H groups in total. The highest BCUT2D eigenvalue weighted by molar-refractivity contribution is 9.09. The van der Waals surface area contributed by atoms with Crippen LogP contribution in [-0.2, 0) is 23.9 Å². The molecule has 3 unspecified atom stereocenters. The Bertz CT molecular complexity index is 1630. The van der Waals surface area contributed by atoms with Crippen LogP contribution in [0.5, 0.6) is 0 Å². The van der Waals surface area contributed by atoms with Crippen LogP contribution in [0.2, 0.25) is 0 Å². The van der Waals surface area contributed by atoms with Crippen molar-refractivity contribution in [3.8, 4) is 0 Å². The molecule has 0 radical (unpaired) electrons. The number of allylic oxidation sites excluding steroid dienone is 1. The van der Waals surface area contributed by atoms with Crippen LogP contribution in [-0.4, -0.2) is 70.1 Å². The van der Waals surface area contributed by atoms with E-state index >= 15 is 4.79 Å². The molecule has 0 aliphatic carbocycles. The van der Waals surface area contributed by atoms with Crippen LogP contribution >= 0.6 is 15.9 Å². The molecule has 3 fully saturated rings. The van der Waals surface area contributed by atoms with Crippen molar-refractivity contribution in [2.24, 2.45) is 11.8 Å². The van der Waals surface area contributed by atoms with E-state index in [-0.39, 0.29) is 23.9 Å². The van der Waals surface area contributed by atoms with Crippen molar-refractivity contribution in [3.05, 3.63) is 104 Å². The van der Waals surface area contributed by atoms with Crippen LogP contribution in [0.15, 0.2) is 98.1 Å². The van der Waals surface area contributed by atoms with Gasteiger partial charge in [0.1, 0.15) is 11.6 Å². The average molecular weight is 688 g/mol. The van der Waals surface area contributed by atoms with Crippen LogP contribution in [0.1, 0.15) is 37.3 Å². The fraction of sp³-hybridized carbons (Fsp3) is 0.378. The molecule has 3 aliphatic heterocycles. The van der Waals surface area contributed by atoms with E-state index in [1.54, 1.807) is 11.0 Å². The zero-order valence-electron chi connectivity index (χ0n) is 25.7. The van der Waals surface area contributed by atoms with Crippen molar-refractivity contribution in [2.75, 3.05) is 24.7 Å². The number of benzene rings is 3. The Balaban J connectivity index is 1.43. The lowest BCUT2D eigenvalue weighted by Gasteiger charge is -2.39. The van der Waals surface area contributed by atoms with Crippen molar-refractivity contribution in [1.82, 2.24) is 4.90 Å². The van der Waals surface area contributed by atoms with Gasteiger partial charge >= 0.3 is 5.97 Å². The minimum atomic E-state index is -1.31. The second-order valence-electron chi connectivity index (χ2n) is 12.2. The maximum absolute atomic E-state index is 15.0. The van der Waals surface area contributed by atoms with Crippen molar-refractivity contribution in [2.45, 2.75) is 54.3 Å². The van der Waals surface area contributed by atoms with Gasteiger partial charge in [-0.1, -0.05) is 88.7 Å². The van der Waals surface area contributed by atoms with Crippen molar-refractivity contribution >= 4 is 50.2 Å². The molecule has 6 rings (SSSR count). The minimum Gasteiger partial charge on any atom is -0.465 e. The summed E-state index contributed by atoms with van der Waals surface area (Å²) >= 11 is 3.73. The fourth-order valence-electron chi connectivity index (χ4n) is 7.59. The number of nitrogens with zero attached hydrogens (tertiary/aromatic N) is 2. The molecule has 7 atom stereocenters. The highest BCUT2D eigenvalue weighted by atomic mass is 79.9. The third kappa shape index (κ3) is 5.48. The van der Waals surface area contributed by atoms with Gasteiger partial charge in [0.15, 0.2) is 0 Å². The number of likely N-dealkylation sites (tertiary alicyclic amines) is 1. The zero-order chi connectivity index (χ0) is 32.4. The summed E-state index contributed by atoms with van der Waals surface area (Å²) in [4.78, 5) is 46.3. The van der Waals surface area contributed by atoms with Gasteiger partial charge in [-0.2, -0.15) is 0 Å². The lowest BCUT2D eigenvalue weighted by molar-refractivity contribution is -0.155. The quantitative estimate of drug-likeness (QED) is 0.107. The van der Waals surface area contributed by atoms with E-state index < -0.39 is 54.1 Å². The molecule has 0 saturated carbocycles. The third-order valence-electron chi connectivity index (χ3n) is 9.60. The van der Waals surface area contributed by atoms with Gasteiger partial charge in [0.2, 0.25) is 5.91 Å². The molecule has 240 valence electrons. The van der Waals surface area contributed by atoms with Gasteiger partial charge in [-0.25, -0.2) is 0 Å². The third-order valence-corrected chi connectivity index (χ3v) is 10.4. The number of unbranched alkanes of at least 4 members (excludes halogenated alkanes) is 2. The first-order valence-corrected chi connectivity index (χ1v) is 16.8. The Kier molecular flexibility index (Phi) is 9.45. The molecule has 2 bridgehead atoms. The number of alkyl halides is 1. The summed E-state index contributed by atoms with van der Waals surface area (Å²) in [5.74, 6) is -3.10. The number of aliphatic hydroxyl groups is 1. The average Bonchev–Trinajstić information content (AvgIpc) is 3.67. The maximum Gasteiger partial charge on any atom is 0.312 e. The topological polar surface area (TPSA) is 96.4 Å². The van der Waals surface area contributed by atoms with Crippen molar-refractivity contribution in [3.63, 3.8) is 0 Å². The van der Waals surface area contributed by atoms with Gasteiger partial charge in [-0.05, 0) is 54.2 Å². The van der Waals surface area contributed by atoms with Crippen LogP contribution in [0.3, 0.4) is 0 Å². The number of aliphatic hydroxyl groups excluding tert-OH is 1. The standard InChI is InChI=1S/C37H39BrN2O6/c1-3-5-6-12-20-45-36(44)30-31-34(42)40(29(23-41)25-14-8-7-9-15-25)33(37(31)22-28(38)32(30)46-37)35(43)39(19-4-2)27-18-17-24-13-10-11-16-26(24)21-27/h3-4,7-11,13-18,21,28-33,41H,1-2,5-6,12,19-20,22-23H2/t28?,29-,30-,31+,32-,33?,37?/m1/s1. The van der Waals surface area contributed by atoms with E-state index in [1.807, 2.05) is 78.9 Å². The number of carbonyl (C=O) groups is 3. The number of hydrogen-bond acceptors (Lipinski definition) is 6. The van der Waals surface area contributed by atoms with Crippen LogP contribution in [0.25, 0.3) is 10.8 Å². The molecule has 3 heterocycles. The number of amides is 2. The highest BCUT2D eigenvalue weighted by Crippen LogP contribution is 2.61. The molecule has 8 nitrogen and oxygen atoms in total. The number of hydrogen-bond donors (Lipinski definition) is 1. The largest absolute Gasteiger partial charge is 0.465 e. The lowest BCUT2D eigenvalue weighted by atomic mass is 9.70. The monoisotopic (exact) mass is 686 g/mol. The molecule has 2 amide bonds. The lowest BCUT2D eigenvalue weighted by Crippen LogP contribution is -2.57. The molecule has 46 heavy (non-hydrogen) atoms. The molecular weight excluding hydrogens is 648 g/mol. The Labute approximate surface area is 277 Å². The van der Waals surface area contributed by atoms with E-state index in [4.69, 9.17) is 9.47 Å². The number of anilines is 1. The summed E-state index contributed by atoms with van der Waals surface area (Å²) in [6.45, 7) is 7.64. The normalized spacial score (nSPS) is 27.0. The van der Waals surface area contributed by atoms with Gasteiger partial charge in [0, 0.05) is 17.1 Å². The SMILES string of the molecule is C=CCCCCOC(=O)[C@H]1[C@@H]2OC3(CC2Br)C(C(=O)N(CC=C)c2ccc4ccccc4c2)N([C@H](CO)c2ccccc2)C(=O)[C@H]13. The highest BCUT2D eigenvalue weighted by Gasteiger charge is 2.77. The van der Waals surface area contributed by atoms with Crippen LogP contribution in [0, 0.1) is 11.8 Å². The number of esters is 1. The molecule has 3 aromatic rings. The van der Waals surface area contributed by atoms with Crippen molar-refractivity contribution in [1.29, 1.82) is 0 Å². The second kappa shape index (κ2) is 13.5. The second-order valence-corrected chi connectivity index (χ2v) is 13.4. The van der Waals surface area contributed by atoms with Crippen molar-refractivity contribution < 1.29 is 29.0 Å². The summed E-state index contributed by atoms with van der Waals surface area (Å²) in [7, 11) is 0. The van der Waals surface area contributed by atoms with E-state index in [9.17, 15) is 14.7 Å². The van der Waals surface area contributed by atoms with E-state index in [2.05, 4.69) is 29.1 Å². The molecule has 9 heteroatoms. The summed E-state index contributed by atoms with van der Waals surface area (Å²) in [5.41, 5.74) is 0.0205. The van der Waals surface area contributed by atoms with E-state index in [1.165, 1.54) is 4.90 Å². The van der Waals surface area contributed by atoms with Crippen LogP contribution in [0.4, 0.5) is 5.69 Å². The first kappa shape index (κ1) is 32.2. The minimum absolute atomic E-state index is 0.183. The smallest absolute Gasteiger partial charge is 0.312 e. The van der Waals surface area contributed by atoms with Gasteiger partial charge in [0.25, 0.3) is 5.91 Å². The number of ether oxygens (including phenoxy) is 2. The summed E-state index contributed by atoms with van der Waals surface area (Å²) in [5, 5.41) is 12.8. The predicted octanol–water partition coefficient (Wildman–Crippen LogP) is 5.74. The van der Waals surface area contributed by atoms with Gasteiger partial charge in [-0.3, -0.25) is 14.4 Å². The molecule has 3 aliphatic rings. The first-order valence-electron chi connectivity index (χ1n) is 15.8. The molecule has 3 aromatic carbocycles. The van der Waals surface area contributed by atoms with Crippen LogP contribution < -0.4 is 4.90 Å². The van der Waals surface area contributed by atoms with E-state index in [0.717, 1.165) is 23.6 Å². The van der Waals surface area contributed by atoms with E-state index in [0.29, 0.717) is 24.1 Å². The Hall–Kier alpha value is -3.79. The zero-order valence-corrected chi connectivity index (χ0v) is 27.3. The molecule has 0 aromatic heterocycles. The van der Waals surface area contributed by atoms with Gasteiger partial charge in [0.05, 0.1) is 37.2 Å². The van der Waals surface area contributed by atoms with Gasteiger partial charge < -0.3 is 24.4 Å². The summed E-state index contributed by atoms with van der Waals surface area (Å²) < 4.78 is 12.4. The maximum atomic E-state index is 15.0. The molecular formula is C37H39BrN2O6. The molecule has 3 saturated heterocycles. The summed E-state index contributed by atoms with van der Waals surface area (Å²) in [6, 6.07) is 20.9. The number of rotatable bonds is 13. The number of fused-ring (bicyclic) bond motifs is 2. The Morgan fingerprint density at radius 2 is 1.80 bits per heavy atom. The summed E-state index contributed by atoms with van der Waals surface area (Å²) in [6.07, 6.45) is 5.51. The number of halogens is 1. The number of carbonyl (C=O) groups excluding carboxylic acids is 3. The Morgan fingerprint density at radius 1 is 1.07 bits per heavy atom. The molecule has 1 spiro atoms. The first-order chi connectivity index (χ1) is 22.4. The Morgan fingerprint density at radius 3 is 2.52 bits per heavy atom. The predicted molar refractivity (Wildman–Crippen MR) is 180 cm³/mol. The van der Waals surface area contributed by atoms with Gasteiger partial charge in [-0.15, -0.1) is 13.2 Å². The fourth-order valence-corrected chi connectivity index (χ4v) is 8.53.